The third-order valence-electron chi connectivity index (χ3n) is 4.20. The molecule has 3 aromatic rings. The van der Waals surface area contributed by atoms with E-state index in [4.69, 9.17) is 9.47 Å². The van der Waals surface area contributed by atoms with Gasteiger partial charge in [0.05, 0.1) is 28.7 Å². The van der Waals surface area contributed by atoms with E-state index in [0.29, 0.717) is 30.3 Å². The van der Waals surface area contributed by atoms with E-state index in [9.17, 15) is 19.7 Å². The maximum Gasteiger partial charge on any atom is 0.271 e. The zero-order chi connectivity index (χ0) is 19.0. The van der Waals surface area contributed by atoms with E-state index in [1.165, 1.54) is 29.1 Å². The van der Waals surface area contributed by atoms with Gasteiger partial charge in [-0.05, 0) is 24.3 Å². The summed E-state index contributed by atoms with van der Waals surface area (Å²) >= 11 is 0. The van der Waals surface area contributed by atoms with Crippen molar-refractivity contribution < 1.29 is 19.2 Å². The van der Waals surface area contributed by atoms with Crippen LogP contribution in [0.4, 0.5) is 5.69 Å². The maximum atomic E-state index is 12.6. The lowest BCUT2D eigenvalue weighted by atomic mass is 10.1. The van der Waals surface area contributed by atoms with Crippen molar-refractivity contribution in [3.8, 4) is 11.5 Å². The minimum Gasteiger partial charge on any atom is -0.486 e. The number of nitro benzene ring substituents is 1. The van der Waals surface area contributed by atoms with Crippen LogP contribution in [-0.2, 0) is 6.54 Å². The molecule has 4 rings (SSSR count). The van der Waals surface area contributed by atoms with Gasteiger partial charge in [-0.25, -0.2) is 4.98 Å². The molecule has 0 saturated heterocycles. The smallest absolute Gasteiger partial charge is 0.271 e. The summed E-state index contributed by atoms with van der Waals surface area (Å²) in [6, 6.07) is 8.65. The molecule has 0 aliphatic carbocycles. The number of ketones is 1. The predicted octanol–water partition coefficient (Wildman–Crippen LogP) is 1.96. The third-order valence-corrected chi connectivity index (χ3v) is 4.20. The van der Waals surface area contributed by atoms with Gasteiger partial charge >= 0.3 is 0 Å². The second-order valence-corrected chi connectivity index (χ2v) is 5.92. The van der Waals surface area contributed by atoms with Crippen LogP contribution in [0.5, 0.6) is 11.5 Å². The number of nitro groups is 1. The quantitative estimate of drug-likeness (QED) is 0.393. The molecular formula is C18H13N3O6. The number of non-ortho nitro benzene ring substituents is 1. The van der Waals surface area contributed by atoms with Crippen molar-refractivity contribution in [1.82, 2.24) is 9.55 Å². The summed E-state index contributed by atoms with van der Waals surface area (Å²) in [4.78, 5) is 39.5. The lowest BCUT2D eigenvalue weighted by molar-refractivity contribution is -0.384. The number of hydrogen-bond donors (Lipinski definition) is 0. The lowest BCUT2D eigenvalue weighted by Crippen LogP contribution is -2.25. The fraction of sp³-hybridized carbons (Fsp3) is 0.167. The molecule has 0 atom stereocenters. The van der Waals surface area contributed by atoms with Gasteiger partial charge in [-0.3, -0.25) is 24.3 Å². The molecule has 9 heteroatoms. The Labute approximate surface area is 151 Å². The average molecular weight is 367 g/mol. The molecule has 1 aliphatic heterocycles. The van der Waals surface area contributed by atoms with Gasteiger partial charge in [0, 0.05) is 17.7 Å². The fourth-order valence-corrected chi connectivity index (χ4v) is 2.84. The number of fused-ring (bicyclic) bond motifs is 2. The molecule has 27 heavy (non-hydrogen) atoms. The molecule has 9 nitrogen and oxygen atoms in total. The van der Waals surface area contributed by atoms with Crippen LogP contribution in [0.15, 0.2) is 47.5 Å². The highest BCUT2D eigenvalue weighted by Crippen LogP contribution is 2.30. The summed E-state index contributed by atoms with van der Waals surface area (Å²) < 4.78 is 12.1. The zero-order valence-corrected chi connectivity index (χ0v) is 14.0. The second-order valence-electron chi connectivity index (χ2n) is 5.92. The predicted molar refractivity (Wildman–Crippen MR) is 94.4 cm³/mol. The van der Waals surface area contributed by atoms with Crippen LogP contribution in [0.1, 0.15) is 10.4 Å². The van der Waals surface area contributed by atoms with Gasteiger partial charge in [0.25, 0.3) is 11.2 Å². The highest BCUT2D eigenvalue weighted by Gasteiger charge is 2.17. The number of Topliss-reactive ketones (excluding diaryl/α,β-unsaturated/α-hetero) is 1. The van der Waals surface area contributed by atoms with Gasteiger partial charge in [0.15, 0.2) is 17.3 Å². The molecule has 1 aliphatic rings. The second kappa shape index (κ2) is 6.52. The first-order chi connectivity index (χ1) is 13.0. The van der Waals surface area contributed by atoms with Crippen LogP contribution < -0.4 is 15.0 Å². The van der Waals surface area contributed by atoms with Crippen LogP contribution in [0, 0.1) is 10.1 Å². The van der Waals surface area contributed by atoms with Gasteiger partial charge in [-0.1, -0.05) is 0 Å². The molecule has 0 saturated carbocycles. The Balaban J connectivity index is 1.64. The van der Waals surface area contributed by atoms with Gasteiger partial charge in [-0.15, -0.1) is 0 Å². The van der Waals surface area contributed by atoms with Crippen LogP contribution >= 0.6 is 0 Å². The zero-order valence-electron chi connectivity index (χ0n) is 14.0. The maximum absolute atomic E-state index is 12.6. The van der Waals surface area contributed by atoms with Gasteiger partial charge in [0.2, 0.25) is 0 Å². The molecular weight excluding hydrogens is 354 g/mol. The summed E-state index contributed by atoms with van der Waals surface area (Å²) in [7, 11) is 0. The van der Waals surface area contributed by atoms with Crippen molar-refractivity contribution in [2.75, 3.05) is 13.2 Å². The van der Waals surface area contributed by atoms with Crippen molar-refractivity contribution in [1.29, 1.82) is 0 Å². The Morgan fingerprint density at radius 2 is 1.93 bits per heavy atom. The molecule has 2 heterocycles. The van der Waals surface area contributed by atoms with Crippen molar-refractivity contribution in [3.05, 3.63) is 68.8 Å². The number of carbonyl (C=O) groups is 1. The molecule has 1 aromatic heterocycles. The van der Waals surface area contributed by atoms with E-state index in [2.05, 4.69) is 4.98 Å². The van der Waals surface area contributed by atoms with Crippen LogP contribution in [0.2, 0.25) is 0 Å². The Kier molecular flexibility index (Phi) is 4.03. The third kappa shape index (κ3) is 3.10. The number of hydrogen-bond acceptors (Lipinski definition) is 7. The largest absolute Gasteiger partial charge is 0.486 e. The molecule has 0 radical (unpaired) electrons. The van der Waals surface area contributed by atoms with Gasteiger partial charge in [0.1, 0.15) is 13.2 Å². The highest BCUT2D eigenvalue weighted by atomic mass is 16.6. The number of ether oxygens (including phenoxy) is 2. The van der Waals surface area contributed by atoms with E-state index in [1.54, 1.807) is 18.2 Å². The molecule has 136 valence electrons. The van der Waals surface area contributed by atoms with Crippen molar-refractivity contribution in [3.63, 3.8) is 0 Å². The average Bonchev–Trinajstić information content (AvgIpc) is 2.69. The van der Waals surface area contributed by atoms with Gasteiger partial charge < -0.3 is 9.47 Å². The normalized spacial score (nSPS) is 12.7. The number of benzene rings is 2. The summed E-state index contributed by atoms with van der Waals surface area (Å²) in [6.45, 7) is 0.653. The van der Waals surface area contributed by atoms with E-state index < -0.39 is 10.5 Å². The van der Waals surface area contributed by atoms with Crippen LogP contribution in [-0.4, -0.2) is 33.5 Å². The SMILES string of the molecule is O=C(Cn1cnc2cc([N+](=O)[O-])ccc2c1=O)c1ccc2c(c1)OCCO2. The molecule has 0 fully saturated rings. The Hall–Kier alpha value is -3.75. The Bertz CT molecular complexity index is 1140. The summed E-state index contributed by atoms with van der Waals surface area (Å²) in [5.41, 5.74) is -0.00697. The molecule has 0 unspecified atom stereocenters. The first kappa shape index (κ1) is 16.7. The number of rotatable bonds is 4. The first-order valence-electron chi connectivity index (χ1n) is 8.09. The summed E-state index contributed by atoms with van der Waals surface area (Å²) in [5.74, 6) is 0.768. The Morgan fingerprint density at radius 1 is 1.15 bits per heavy atom. The minimum absolute atomic E-state index is 0.153. The molecule has 0 spiro atoms. The van der Waals surface area contributed by atoms with E-state index in [0.717, 1.165) is 0 Å². The van der Waals surface area contributed by atoms with E-state index >= 15 is 0 Å². The number of aromatic nitrogens is 2. The molecule has 0 bridgehead atoms. The van der Waals surface area contributed by atoms with Crippen molar-refractivity contribution in [2.45, 2.75) is 6.54 Å². The van der Waals surface area contributed by atoms with Crippen LogP contribution in [0.3, 0.4) is 0 Å². The fourth-order valence-electron chi connectivity index (χ4n) is 2.84. The molecule has 2 aromatic carbocycles. The van der Waals surface area contributed by atoms with E-state index in [1.807, 2.05) is 0 Å². The lowest BCUT2D eigenvalue weighted by Gasteiger charge is -2.18. The minimum atomic E-state index is -0.557. The monoisotopic (exact) mass is 367 g/mol. The van der Waals surface area contributed by atoms with Crippen molar-refractivity contribution in [2.24, 2.45) is 0 Å². The first-order valence-corrected chi connectivity index (χ1v) is 8.09. The van der Waals surface area contributed by atoms with Crippen molar-refractivity contribution >= 4 is 22.4 Å². The summed E-state index contributed by atoms with van der Waals surface area (Å²) in [6.07, 6.45) is 1.21. The standard InChI is InChI=1S/C18H13N3O6/c22-15(11-1-4-16-17(7-11)27-6-5-26-16)9-20-10-19-14-8-12(21(24)25)2-3-13(14)18(20)23/h1-4,7-8,10H,5-6,9H2. The molecule has 0 N–H and O–H groups in total. The van der Waals surface area contributed by atoms with Crippen LogP contribution in [0.25, 0.3) is 10.9 Å². The number of carbonyl (C=O) groups excluding carboxylic acids is 1. The van der Waals surface area contributed by atoms with Gasteiger partial charge in [-0.2, -0.15) is 0 Å². The van der Waals surface area contributed by atoms with E-state index in [-0.39, 0.29) is 28.9 Å². The molecule has 0 amide bonds. The number of nitrogens with zero attached hydrogens (tertiary/aromatic N) is 3. The summed E-state index contributed by atoms with van der Waals surface area (Å²) in [5, 5.41) is 11.0. The topological polar surface area (TPSA) is 114 Å². The highest BCUT2D eigenvalue weighted by molar-refractivity contribution is 5.96. The Morgan fingerprint density at radius 3 is 2.70 bits per heavy atom.